The summed E-state index contributed by atoms with van der Waals surface area (Å²) in [5, 5.41) is 3.75. The number of pyridine rings is 1. The minimum Gasteiger partial charge on any atom is -0.360 e. The van der Waals surface area contributed by atoms with Crippen LogP contribution >= 0.6 is 0 Å². The number of nitrogens with zero attached hydrogens (tertiary/aromatic N) is 5. The molecule has 0 bridgehead atoms. The van der Waals surface area contributed by atoms with Crippen LogP contribution in [0.2, 0.25) is 0 Å². The van der Waals surface area contributed by atoms with Crippen LogP contribution in [0, 0.1) is 13.8 Å². The molecule has 1 aliphatic rings. The lowest BCUT2D eigenvalue weighted by atomic mass is 10.3. The van der Waals surface area contributed by atoms with Crippen LogP contribution in [-0.4, -0.2) is 64.3 Å². The Morgan fingerprint density at radius 2 is 2.00 bits per heavy atom. The number of aryl methyl sites for hydroxylation is 2. The zero-order valence-corrected chi connectivity index (χ0v) is 17.2. The summed E-state index contributed by atoms with van der Waals surface area (Å²) in [4.78, 5) is 19.1. The standard InChI is InChI=1S/C19H23N5O4S/c1-14-19(15(2)28-21-14)29(26,27)24-9-5-8-22(10-11-24)18(25)12-16-13-23-7-4-3-6-17(23)20-16/h3-4,6-7,13H,5,8-12H2,1-2H3. The van der Waals surface area contributed by atoms with E-state index in [1.54, 1.807) is 18.7 Å². The third kappa shape index (κ3) is 3.77. The summed E-state index contributed by atoms with van der Waals surface area (Å²) in [7, 11) is -3.71. The van der Waals surface area contributed by atoms with Crippen molar-refractivity contribution in [1.82, 2.24) is 23.7 Å². The summed E-state index contributed by atoms with van der Waals surface area (Å²) in [6.45, 7) is 4.66. The van der Waals surface area contributed by atoms with E-state index in [4.69, 9.17) is 4.52 Å². The monoisotopic (exact) mass is 417 g/mol. The van der Waals surface area contributed by atoms with Gasteiger partial charge in [0.2, 0.25) is 15.9 Å². The van der Waals surface area contributed by atoms with Crippen LogP contribution in [0.5, 0.6) is 0 Å². The van der Waals surface area contributed by atoms with E-state index in [2.05, 4.69) is 10.1 Å². The fourth-order valence-electron chi connectivity index (χ4n) is 3.69. The van der Waals surface area contributed by atoms with Crippen molar-refractivity contribution < 1.29 is 17.7 Å². The molecule has 29 heavy (non-hydrogen) atoms. The molecule has 4 heterocycles. The van der Waals surface area contributed by atoms with Gasteiger partial charge >= 0.3 is 0 Å². The second-order valence-electron chi connectivity index (χ2n) is 7.17. The van der Waals surface area contributed by atoms with E-state index in [1.165, 1.54) is 4.31 Å². The number of rotatable bonds is 4. The first kappa shape index (κ1) is 19.6. The van der Waals surface area contributed by atoms with Crippen LogP contribution in [0.25, 0.3) is 5.65 Å². The molecule has 0 atom stereocenters. The van der Waals surface area contributed by atoms with Gasteiger partial charge in [0.15, 0.2) is 5.76 Å². The summed E-state index contributed by atoms with van der Waals surface area (Å²) in [5.41, 5.74) is 1.85. The second-order valence-corrected chi connectivity index (χ2v) is 9.04. The van der Waals surface area contributed by atoms with Crippen molar-refractivity contribution in [2.45, 2.75) is 31.6 Å². The third-order valence-corrected chi connectivity index (χ3v) is 7.26. The Morgan fingerprint density at radius 3 is 2.72 bits per heavy atom. The largest absolute Gasteiger partial charge is 0.360 e. The van der Waals surface area contributed by atoms with E-state index in [-0.39, 0.29) is 29.5 Å². The van der Waals surface area contributed by atoms with E-state index in [9.17, 15) is 13.2 Å². The minimum absolute atomic E-state index is 0.0509. The number of amides is 1. The molecule has 1 saturated heterocycles. The Morgan fingerprint density at radius 1 is 1.17 bits per heavy atom. The highest BCUT2D eigenvalue weighted by Crippen LogP contribution is 2.24. The fourth-order valence-corrected chi connectivity index (χ4v) is 5.46. The van der Waals surface area contributed by atoms with Crippen molar-refractivity contribution in [1.29, 1.82) is 0 Å². The topological polar surface area (TPSA) is 101 Å². The third-order valence-electron chi connectivity index (χ3n) is 5.12. The van der Waals surface area contributed by atoms with E-state index in [0.29, 0.717) is 37.4 Å². The Bertz CT molecular complexity index is 1100. The normalized spacial score (nSPS) is 16.3. The molecule has 10 heteroatoms. The molecule has 1 amide bonds. The van der Waals surface area contributed by atoms with Crippen LogP contribution in [-0.2, 0) is 21.2 Å². The molecule has 154 valence electrons. The lowest BCUT2D eigenvalue weighted by Gasteiger charge is -2.21. The zero-order valence-electron chi connectivity index (χ0n) is 16.4. The smallest absolute Gasteiger partial charge is 0.248 e. The van der Waals surface area contributed by atoms with Crippen molar-refractivity contribution in [3.8, 4) is 0 Å². The molecule has 0 aliphatic carbocycles. The van der Waals surface area contributed by atoms with Gasteiger partial charge in [0.1, 0.15) is 16.2 Å². The molecule has 0 unspecified atom stereocenters. The average molecular weight is 417 g/mol. The van der Waals surface area contributed by atoms with E-state index in [0.717, 1.165) is 5.65 Å². The van der Waals surface area contributed by atoms with Gasteiger partial charge in [-0.1, -0.05) is 11.2 Å². The number of hydrogen-bond acceptors (Lipinski definition) is 6. The first-order valence-electron chi connectivity index (χ1n) is 9.49. The Hall–Kier alpha value is -2.72. The minimum atomic E-state index is -3.71. The number of carbonyl (C=O) groups excluding carboxylic acids is 1. The van der Waals surface area contributed by atoms with Crippen molar-refractivity contribution in [3.63, 3.8) is 0 Å². The number of aromatic nitrogens is 3. The Balaban J connectivity index is 1.45. The molecule has 1 aliphatic heterocycles. The number of imidazole rings is 1. The molecule has 3 aromatic rings. The van der Waals surface area contributed by atoms with Gasteiger partial charge in [-0.15, -0.1) is 0 Å². The van der Waals surface area contributed by atoms with Gasteiger partial charge in [0.25, 0.3) is 0 Å². The molecule has 0 radical (unpaired) electrons. The quantitative estimate of drug-likeness (QED) is 0.636. The Labute approximate surface area is 169 Å². The fraction of sp³-hybridized carbons (Fsp3) is 0.421. The maximum atomic E-state index is 13.0. The SMILES string of the molecule is Cc1noc(C)c1S(=O)(=O)N1CCCN(C(=O)Cc2cn3ccccc3n2)CC1. The number of sulfonamides is 1. The molecule has 0 aromatic carbocycles. The highest BCUT2D eigenvalue weighted by atomic mass is 32.2. The maximum Gasteiger partial charge on any atom is 0.248 e. The number of hydrogen-bond donors (Lipinski definition) is 0. The van der Waals surface area contributed by atoms with Crippen molar-refractivity contribution in [2.75, 3.05) is 26.2 Å². The summed E-state index contributed by atoms with van der Waals surface area (Å²) in [6.07, 6.45) is 4.50. The van der Waals surface area contributed by atoms with E-state index in [1.807, 2.05) is 35.0 Å². The lowest BCUT2D eigenvalue weighted by Crippen LogP contribution is -2.38. The van der Waals surface area contributed by atoms with E-state index < -0.39 is 10.0 Å². The molecule has 9 nitrogen and oxygen atoms in total. The van der Waals surface area contributed by atoms with Gasteiger partial charge < -0.3 is 13.8 Å². The highest BCUT2D eigenvalue weighted by Gasteiger charge is 2.32. The van der Waals surface area contributed by atoms with Crippen LogP contribution < -0.4 is 0 Å². The van der Waals surface area contributed by atoms with Gasteiger partial charge in [-0.25, -0.2) is 13.4 Å². The highest BCUT2D eigenvalue weighted by molar-refractivity contribution is 7.89. The summed E-state index contributed by atoms with van der Waals surface area (Å²) >= 11 is 0. The van der Waals surface area contributed by atoms with Crippen LogP contribution in [0.3, 0.4) is 0 Å². The number of fused-ring (bicyclic) bond motifs is 1. The van der Waals surface area contributed by atoms with Crippen LogP contribution in [0.15, 0.2) is 40.0 Å². The lowest BCUT2D eigenvalue weighted by molar-refractivity contribution is -0.130. The first-order chi connectivity index (χ1) is 13.9. The summed E-state index contributed by atoms with van der Waals surface area (Å²) in [6, 6.07) is 5.69. The van der Waals surface area contributed by atoms with Crippen molar-refractivity contribution in [3.05, 3.63) is 47.7 Å². The molecular formula is C19H23N5O4S. The molecule has 0 saturated carbocycles. The van der Waals surface area contributed by atoms with Crippen LogP contribution in [0.1, 0.15) is 23.6 Å². The summed E-state index contributed by atoms with van der Waals surface area (Å²) < 4.78 is 34.4. The van der Waals surface area contributed by atoms with Gasteiger partial charge in [-0.05, 0) is 32.4 Å². The van der Waals surface area contributed by atoms with Gasteiger partial charge in [0.05, 0.1) is 12.1 Å². The van der Waals surface area contributed by atoms with Crippen molar-refractivity contribution >= 4 is 21.6 Å². The predicted octanol–water partition coefficient (Wildman–Crippen LogP) is 1.40. The molecule has 0 spiro atoms. The molecule has 3 aromatic heterocycles. The molecular weight excluding hydrogens is 394 g/mol. The average Bonchev–Trinajstić information content (AvgIpc) is 3.13. The van der Waals surface area contributed by atoms with Gasteiger partial charge in [-0.3, -0.25) is 4.79 Å². The van der Waals surface area contributed by atoms with Crippen molar-refractivity contribution in [2.24, 2.45) is 0 Å². The van der Waals surface area contributed by atoms with Crippen LogP contribution in [0.4, 0.5) is 0 Å². The maximum absolute atomic E-state index is 13.0. The van der Waals surface area contributed by atoms with E-state index >= 15 is 0 Å². The van der Waals surface area contributed by atoms with Gasteiger partial charge in [-0.2, -0.15) is 4.31 Å². The zero-order chi connectivity index (χ0) is 20.6. The Kier molecular flexibility index (Phi) is 5.13. The van der Waals surface area contributed by atoms with Gasteiger partial charge in [0, 0.05) is 38.6 Å². The molecule has 1 fully saturated rings. The predicted molar refractivity (Wildman–Crippen MR) is 105 cm³/mol. The second kappa shape index (κ2) is 7.60. The number of carbonyl (C=O) groups is 1. The molecule has 4 rings (SSSR count). The summed E-state index contributed by atoms with van der Waals surface area (Å²) in [5.74, 6) is 0.233. The first-order valence-corrected chi connectivity index (χ1v) is 10.9. The molecule has 0 N–H and O–H groups in total.